The molecule has 7 nitrogen and oxygen atoms in total. The number of rotatable bonds is 8. The number of nitrogens with zero attached hydrogens (tertiary/aromatic N) is 1. The van der Waals surface area contributed by atoms with Crippen LogP contribution in [0.5, 0.6) is 5.75 Å². The van der Waals surface area contributed by atoms with Crippen molar-refractivity contribution in [3.05, 3.63) is 23.8 Å². The van der Waals surface area contributed by atoms with Gasteiger partial charge in [-0.3, -0.25) is 9.59 Å². The van der Waals surface area contributed by atoms with Gasteiger partial charge >= 0.3 is 0 Å². The van der Waals surface area contributed by atoms with Gasteiger partial charge in [-0.15, -0.1) is 12.4 Å². The highest BCUT2D eigenvalue weighted by Gasteiger charge is 2.20. The van der Waals surface area contributed by atoms with E-state index in [-0.39, 0.29) is 43.3 Å². The van der Waals surface area contributed by atoms with Crippen LogP contribution >= 0.6 is 12.4 Å². The molecular formula is C19H30ClN3O4. The molecule has 1 aromatic rings. The molecule has 1 aliphatic heterocycles. The first-order valence-corrected chi connectivity index (χ1v) is 9.17. The van der Waals surface area contributed by atoms with Crippen LogP contribution in [0.3, 0.4) is 0 Å². The van der Waals surface area contributed by atoms with E-state index in [1.54, 1.807) is 18.2 Å². The molecular weight excluding hydrogens is 370 g/mol. The summed E-state index contributed by atoms with van der Waals surface area (Å²) in [6.07, 6.45) is 3.02. The fourth-order valence-corrected chi connectivity index (χ4v) is 2.99. The second-order valence-electron chi connectivity index (χ2n) is 6.34. The molecule has 3 N–H and O–H groups in total. The normalized spacial score (nSPS) is 14.9. The lowest BCUT2D eigenvalue weighted by Crippen LogP contribution is -2.35. The van der Waals surface area contributed by atoms with Gasteiger partial charge in [0.15, 0.2) is 0 Å². The molecule has 1 unspecified atom stereocenters. The van der Waals surface area contributed by atoms with Crippen molar-refractivity contribution in [2.75, 3.05) is 38.7 Å². The minimum absolute atomic E-state index is 0. The second-order valence-corrected chi connectivity index (χ2v) is 6.34. The first kappa shape index (κ1) is 23.2. The van der Waals surface area contributed by atoms with Gasteiger partial charge in [-0.05, 0) is 44.4 Å². The van der Waals surface area contributed by atoms with Gasteiger partial charge in [-0.2, -0.15) is 0 Å². The molecule has 152 valence electrons. The summed E-state index contributed by atoms with van der Waals surface area (Å²) in [7, 11) is 1.52. The molecule has 1 heterocycles. The SMILES string of the molecule is CCOc1ccc(C(=O)N2CCCCC2)cc1NC(=O)CC(CN)OC.Cl. The van der Waals surface area contributed by atoms with Crippen molar-refractivity contribution in [3.8, 4) is 5.75 Å². The summed E-state index contributed by atoms with van der Waals surface area (Å²) in [6.45, 7) is 4.15. The number of carbonyl (C=O) groups is 2. The summed E-state index contributed by atoms with van der Waals surface area (Å²) in [5.41, 5.74) is 6.61. The van der Waals surface area contributed by atoms with Crippen molar-refractivity contribution in [1.82, 2.24) is 4.90 Å². The van der Waals surface area contributed by atoms with Crippen LogP contribution in [-0.2, 0) is 9.53 Å². The summed E-state index contributed by atoms with van der Waals surface area (Å²) in [5.74, 6) is 0.295. The largest absolute Gasteiger partial charge is 0.492 e. The zero-order valence-electron chi connectivity index (χ0n) is 16.0. The number of halogens is 1. The predicted molar refractivity (Wildman–Crippen MR) is 108 cm³/mol. The van der Waals surface area contributed by atoms with E-state index in [0.717, 1.165) is 32.4 Å². The number of nitrogens with one attached hydrogen (secondary N) is 1. The van der Waals surface area contributed by atoms with Crippen LogP contribution in [0.1, 0.15) is 43.0 Å². The number of benzene rings is 1. The maximum atomic E-state index is 12.7. The number of methoxy groups -OCH3 is 1. The molecule has 1 saturated heterocycles. The third-order valence-electron chi connectivity index (χ3n) is 4.45. The van der Waals surface area contributed by atoms with Gasteiger partial charge in [0.1, 0.15) is 5.75 Å². The summed E-state index contributed by atoms with van der Waals surface area (Å²) in [5, 5.41) is 2.82. The van der Waals surface area contributed by atoms with Crippen LogP contribution in [0, 0.1) is 0 Å². The Labute approximate surface area is 167 Å². The molecule has 1 atom stereocenters. The fourth-order valence-electron chi connectivity index (χ4n) is 2.99. The van der Waals surface area contributed by atoms with Crippen molar-refractivity contribution >= 4 is 29.9 Å². The van der Waals surface area contributed by atoms with E-state index in [0.29, 0.717) is 23.6 Å². The predicted octanol–water partition coefficient (Wildman–Crippen LogP) is 2.44. The quantitative estimate of drug-likeness (QED) is 0.700. The van der Waals surface area contributed by atoms with E-state index in [4.69, 9.17) is 15.2 Å². The zero-order chi connectivity index (χ0) is 18.9. The molecule has 0 radical (unpaired) electrons. The molecule has 8 heteroatoms. The topological polar surface area (TPSA) is 93.9 Å². The number of amides is 2. The van der Waals surface area contributed by atoms with E-state index in [9.17, 15) is 9.59 Å². The van der Waals surface area contributed by atoms with Crippen molar-refractivity contribution in [2.24, 2.45) is 5.73 Å². The Kier molecular flexibility index (Phi) is 10.1. The van der Waals surface area contributed by atoms with Crippen LogP contribution in [0.2, 0.25) is 0 Å². The average Bonchev–Trinajstić information content (AvgIpc) is 2.67. The Morgan fingerprint density at radius 2 is 1.96 bits per heavy atom. The molecule has 1 aliphatic rings. The molecule has 1 aromatic carbocycles. The van der Waals surface area contributed by atoms with Crippen molar-refractivity contribution < 1.29 is 19.1 Å². The molecule has 2 amide bonds. The van der Waals surface area contributed by atoms with Crippen LogP contribution < -0.4 is 15.8 Å². The Balaban J connectivity index is 0.00000364. The summed E-state index contributed by atoms with van der Waals surface area (Å²) in [4.78, 5) is 26.9. The van der Waals surface area contributed by atoms with Crippen LogP contribution in [0.4, 0.5) is 5.69 Å². The van der Waals surface area contributed by atoms with E-state index >= 15 is 0 Å². The number of ether oxygens (including phenoxy) is 2. The third kappa shape index (κ3) is 6.68. The Morgan fingerprint density at radius 3 is 2.56 bits per heavy atom. The summed E-state index contributed by atoms with van der Waals surface area (Å²) in [6, 6.07) is 5.16. The number of hydrogen-bond acceptors (Lipinski definition) is 5. The molecule has 1 fully saturated rings. The van der Waals surface area contributed by atoms with E-state index < -0.39 is 0 Å². The van der Waals surface area contributed by atoms with Crippen molar-refractivity contribution in [1.29, 1.82) is 0 Å². The van der Waals surface area contributed by atoms with Crippen molar-refractivity contribution in [3.63, 3.8) is 0 Å². The highest BCUT2D eigenvalue weighted by Crippen LogP contribution is 2.27. The first-order valence-electron chi connectivity index (χ1n) is 9.17. The minimum atomic E-state index is -0.344. The zero-order valence-corrected chi connectivity index (χ0v) is 16.8. The van der Waals surface area contributed by atoms with Gasteiger partial charge < -0.3 is 25.4 Å². The molecule has 0 spiro atoms. The maximum Gasteiger partial charge on any atom is 0.253 e. The molecule has 0 aromatic heterocycles. The summed E-state index contributed by atoms with van der Waals surface area (Å²) < 4.78 is 10.7. The van der Waals surface area contributed by atoms with E-state index in [1.807, 2.05) is 11.8 Å². The Morgan fingerprint density at radius 1 is 1.26 bits per heavy atom. The van der Waals surface area contributed by atoms with Gasteiger partial charge in [-0.1, -0.05) is 0 Å². The maximum absolute atomic E-state index is 12.7. The van der Waals surface area contributed by atoms with Crippen LogP contribution in [-0.4, -0.2) is 56.2 Å². The monoisotopic (exact) mass is 399 g/mol. The third-order valence-corrected chi connectivity index (χ3v) is 4.45. The first-order chi connectivity index (χ1) is 12.6. The van der Waals surface area contributed by atoms with Crippen LogP contribution in [0.15, 0.2) is 18.2 Å². The number of carbonyl (C=O) groups excluding carboxylic acids is 2. The van der Waals surface area contributed by atoms with Crippen LogP contribution in [0.25, 0.3) is 0 Å². The smallest absolute Gasteiger partial charge is 0.253 e. The number of piperidine rings is 1. The number of likely N-dealkylation sites (tertiary alicyclic amines) is 1. The molecule has 0 aliphatic carbocycles. The molecule has 0 saturated carbocycles. The fraction of sp³-hybridized carbons (Fsp3) is 0.579. The minimum Gasteiger partial charge on any atom is -0.492 e. The lowest BCUT2D eigenvalue weighted by molar-refractivity contribution is -0.118. The van der Waals surface area contributed by atoms with Gasteiger partial charge in [-0.25, -0.2) is 0 Å². The number of nitrogens with two attached hydrogens (primary N) is 1. The number of anilines is 1. The Bertz CT molecular complexity index is 617. The lowest BCUT2D eigenvalue weighted by atomic mass is 10.1. The van der Waals surface area contributed by atoms with E-state index in [1.165, 1.54) is 7.11 Å². The average molecular weight is 400 g/mol. The standard InChI is InChI=1S/C19H29N3O4.ClH/c1-3-26-17-8-7-14(19(24)22-9-5-4-6-10-22)11-16(17)21-18(23)12-15(13-20)25-2;/h7-8,11,15H,3-6,9-10,12-13,20H2,1-2H3,(H,21,23);1H. The molecule has 27 heavy (non-hydrogen) atoms. The van der Waals surface area contributed by atoms with Gasteiger partial charge in [0.05, 0.1) is 24.8 Å². The Hall–Kier alpha value is -1.83. The van der Waals surface area contributed by atoms with Gasteiger partial charge in [0.25, 0.3) is 5.91 Å². The number of hydrogen-bond donors (Lipinski definition) is 2. The highest BCUT2D eigenvalue weighted by molar-refractivity contribution is 5.98. The van der Waals surface area contributed by atoms with Gasteiger partial charge in [0.2, 0.25) is 5.91 Å². The second kappa shape index (κ2) is 11.8. The van der Waals surface area contributed by atoms with Gasteiger partial charge in [0, 0.05) is 32.3 Å². The molecule has 2 rings (SSSR count). The molecule has 0 bridgehead atoms. The lowest BCUT2D eigenvalue weighted by Gasteiger charge is -2.27. The van der Waals surface area contributed by atoms with E-state index in [2.05, 4.69) is 5.32 Å². The summed E-state index contributed by atoms with van der Waals surface area (Å²) >= 11 is 0. The highest BCUT2D eigenvalue weighted by atomic mass is 35.5. The van der Waals surface area contributed by atoms with Crippen molar-refractivity contribution in [2.45, 2.75) is 38.7 Å².